The molecule has 3 rings (SSSR count). The molecule has 0 saturated carbocycles. The number of benzene rings is 2. The second-order valence-corrected chi connectivity index (χ2v) is 6.94. The van der Waals surface area contributed by atoms with Crippen LogP contribution in [0.15, 0.2) is 54.2 Å². The number of hydrogen-bond donors (Lipinski definition) is 2. The average Bonchev–Trinajstić information content (AvgIpc) is 3.12. The molecule has 0 aliphatic carbocycles. The second kappa shape index (κ2) is 9.03. The van der Waals surface area contributed by atoms with Crippen molar-refractivity contribution >= 4 is 17.5 Å². The summed E-state index contributed by atoms with van der Waals surface area (Å²) in [5.74, 6) is -0.331. The Morgan fingerprint density at radius 1 is 1.19 bits per heavy atom. The van der Waals surface area contributed by atoms with Crippen LogP contribution in [-0.4, -0.2) is 41.7 Å². The number of halogens is 5. The first-order valence-electron chi connectivity index (χ1n) is 8.83. The van der Waals surface area contributed by atoms with Crippen molar-refractivity contribution in [2.75, 3.05) is 7.11 Å². The van der Waals surface area contributed by atoms with E-state index in [2.05, 4.69) is 0 Å². The summed E-state index contributed by atoms with van der Waals surface area (Å²) in [7, 11) is 1.39. The zero-order valence-corrected chi connectivity index (χ0v) is 16.7. The number of carbonyl (C=O) groups is 1. The van der Waals surface area contributed by atoms with Crippen molar-refractivity contribution in [3.63, 3.8) is 0 Å². The minimum absolute atomic E-state index is 0.0565. The Morgan fingerprint density at radius 3 is 2.45 bits per heavy atom. The van der Waals surface area contributed by atoms with Crippen molar-refractivity contribution in [3.05, 3.63) is 70.4 Å². The van der Waals surface area contributed by atoms with E-state index in [1.54, 1.807) is 24.3 Å². The van der Waals surface area contributed by atoms with E-state index >= 15 is 0 Å². The average molecular weight is 461 g/mol. The maximum absolute atomic E-state index is 13.4. The number of nitrogens with one attached hydrogen (secondary N) is 1. The summed E-state index contributed by atoms with van der Waals surface area (Å²) < 4.78 is 63.6. The zero-order valence-electron chi connectivity index (χ0n) is 16.0. The monoisotopic (exact) mass is 460 g/mol. The fourth-order valence-corrected chi connectivity index (χ4v) is 3.00. The van der Waals surface area contributed by atoms with E-state index < -0.39 is 30.2 Å². The van der Waals surface area contributed by atoms with E-state index in [4.69, 9.17) is 21.1 Å². The highest BCUT2D eigenvalue weighted by Crippen LogP contribution is 2.32. The molecular formula is C20H17ClF4N2O4. The molecule has 1 aliphatic rings. The minimum atomic E-state index is -3.54. The molecule has 1 aliphatic heterocycles. The predicted octanol–water partition coefficient (Wildman–Crippen LogP) is 3.99. The largest absolute Gasteiger partial charge is 0.496 e. The van der Waals surface area contributed by atoms with E-state index in [1.807, 2.05) is 5.43 Å². The fourth-order valence-electron chi connectivity index (χ4n) is 2.88. The first-order valence-corrected chi connectivity index (χ1v) is 9.21. The normalized spacial score (nSPS) is 18.2. The van der Waals surface area contributed by atoms with E-state index in [1.165, 1.54) is 25.3 Å². The number of alkyl halides is 4. The fraction of sp³-hybridized carbons (Fsp3) is 0.250. The van der Waals surface area contributed by atoms with Crippen LogP contribution >= 0.6 is 11.6 Å². The molecule has 1 atom stereocenters. The smallest absolute Gasteiger partial charge is 0.291 e. The molecule has 0 spiro atoms. The number of aliphatic hydroxyl groups is 1. The number of rotatable bonds is 7. The number of amides is 1. The highest BCUT2D eigenvalue weighted by molar-refractivity contribution is 6.30. The van der Waals surface area contributed by atoms with Gasteiger partial charge in [-0.15, -0.1) is 0 Å². The molecule has 2 aromatic rings. The Labute approximate surface area is 179 Å². The van der Waals surface area contributed by atoms with Gasteiger partial charge in [0.25, 0.3) is 18.8 Å². The number of ether oxygens (including phenoxy) is 2. The molecule has 0 aromatic heterocycles. The van der Waals surface area contributed by atoms with Crippen LogP contribution < -0.4 is 14.9 Å². The molecule has 2 aromatic carbocycles. The van der Waals surface area contributed by atoms with Crippen molar-refractivity contribution in [3.8, 4) is 11.5 Å². The Morgan fingerprint density at radius 2 is 1.87 bits per heavy atom. The summed E-state index contributed by atoms with van der Waals surface area (Å²) in [6.07, 6.45) is -6.50. The van der Waals surface area contributed by atoms with Crippen LogP contribution in [0.3, 0.4) is 0 Å². The van der Waals surface area contributed by atoms with Crippen molar-refractivity contribution in [2.45, 2.75) is 25.2 Å². The van der Waals surface area contributed by atoms with Gasteiger partial charge in [-0.3, -0.25) is 10.2 Å². The van der Waals surface area contributed by atoms with Crippen LogP contribution in [0.5, 0.6) is 11.5 Å². The van der Waals surface area contributed by atoms with E-state index in [0.29, 0.717) is 22.1 Å². The Hall–Kier alpha value is -2.98. The van der Waals surface area contributed by atoms with Gasteiger partial charge in [-0.05, 0) is 42.5 Å². The standard InChI is InChI=1S/C20H17ClF4N2O4/c1-30-16-7-2-11(8-12(16)10-31-14-5-3-13(21)4-6-14)18(28)27-20(29,19(24)25)9-15(26-27)17(22)23/h2-9,17,19,26,29H,10H2,1H3. The predicted molar refractivity (Wildman–Crippen MR) is 103 cm³/mol. The lowest BCUT2D eigenvalue weighted by atomic mass is 10.1. The summed E-state index contributed by atoms with van der Waals surface area (Å²) in [5, 5.41) is 10.7. The Bertz CT molecular complexity index is 988. The molecule has 0 fully saturated rings. The molecule has 2 N–H and O–H groups in total. The number of allylic oxidation sites excluding steroid dienone is 1. The summed E-state index contributed by atoms with van der Waals surface area (Å²) in [6.45, 7) is -0.0565. The molecular weight excluding hydrogens is 444 g/mol. The molecule has 0 radical (unpaired) electrons. The number of methoxy groups -OCH3 is 1. The third-order valence-corrected chi connectivity index (χ3v) is 4.71. The number of hydrogen-bond acceptors (Lipinski definition) is 5. The van der Waals surface area contributed by atoms with Crippen LogP contribution in [0, 0.1) is 0 Å². The minimum Gasteiger partial charge on any atom is -0.496 e. The summed E-state index contributed by atoms with van der Waals surface area (Å²) in [5.41, 5.74) is -2.16. The Balaban J connectivity index is 1.86. The highest BCUT2D eigenvalue weighted by atomic mass is 35.5. The number of hydrazine groups is 1. The van der Waals surface area contributed by atoms with Crippen LogP contribution in [0.2, 0.25) is 5.02 Å². The van der Waals surface area contributed by atoms with E-state index in [9.17, 15) is 27.5 Å². The van der Waals surface area contributed by atoms with Gasteiger partial charge in [0.2, 0.25) is 5.72 Å². The van der Waals surface area contributed by atoms with Gasteiger partial charge in [-0.1, -0.05) is 11.6 Å². The molecule has 1 amide bonds. The van der Waals surface area contributed by atoms with E-state index in [-0.39, 0.29) is 23.3 Å². The van der Waals surface area contributed by atoms with Gasteiger partial charge >= 0.3 is 0 Å². The van der Waals surface area contributed by atoms with Crippen LogP contribution in [0.25, 0.3) is 0 Å². The SMILES string of the molecule is COc1ccc(C(=O)N2NC(C(F)F)=CC2(O)C(F)F)cc1COc1ccc(Cl)cc1. The molecule has 166 valence electrons. The summed E-state index contributed by atoms with van der Waals surface area (Å²) >= 11 is 5.82. The molecule has 0 bridgehead atoms. The maximum atomic E-state index is 13.4. The second-order valence-electron chi connectivity index (χ2n) is 6.51. The van der Waals surface area contributed by atoms with Gasteiger partial charge in [0.15, 0.2) is 0 Å². The van der Waals surface area contributed by atoms with Gasteiger partial charge in [0.1, 0.15) is 18.1 Å². The van der Waals surface area contributed by atoms with Crippen LogP contribution in [0.1, 0.15) is 15.9 Å². The van der Waals surface area contributed by atoms with Crippen molar-refractivity contribution in [2.24, 2.45) is 0 Å². The van der Waals surface area contributed by atoms with Gasteiger partial charge < -0.3 is 14.6 Å². The third-order valence-electron chi connectivity index (χ3n) is 4.46. The van der Waals surface area contributed by atoms with Crippen LogP contribution in [0.4, 0.5) is 17.6 Å². The highest BCUT2D eigenvalue weighted by Gasteiger charge is 2.51. The molecule has 1 heterocycles. The van der Waals surface area contributed by atoms with Crippen molar-refractivity contribution in [1.29, 1.82) is 0 Å². The zero-order chi connectivity index (χ0) is 22.8. The topological polar surface area (TPSA) is 71.0 Å². The van der Waals surface area contributed by atoms with Gasteiger partial charge in [0.05, 0.1) is 12.8 Å². The molecule has 11 heteroatoms. The van der Waals surface area contributed by atoms with E-state index in [0.717, 1.165) is 0 Å². The Kier molecular flexibility index (Phi) is 6.61. The number of carbonyl (C=O) groups excluding carboxylic acids is 1. The summed E-state index contributed by atoms with van der Waals surface area (Å²) in [6, 6.07) is 10.4. The lowest BCUT2D eigenvalue weighted by Gasteiger charge is -2.31. The summed E-state index contributed by atoms with van der Waals surface area (Å²) in [4.78, 5) is 12.8. The lowest BCUT2D eigenvalue weighted by Crippen LogP contribution is -2.56. The molecule has 31 heavy (non-hydrogen) atoms. The van der Waals surface area contributed by atoms with Gasteiger partial charge in [-0.2, -0.15) is 0 Å². The third kappa shape index (κ3) is 4.70. The maximum Gasteiger partial charge on any atom is 0.291 e. The van der Waals surface area contributed by atoms with Crippen molar-refractivity contribution < 1.29 is 36.9 Å². The molecule has 1 unspecified atom stereocenters. The quantitative estimate of drug-likeness (QED) is 0.611. The molecule has 0 saturated heterocycles. The molecule has 6 nitrogen and oxygen atoms in total. The first-order chi connectivity index (χ1) is 14.7. The number of nitrogens with zero attached hydrogens (tertiary/aromatic N) is 1. The van der Waals surface area contributed by atoms with Gasteiger partial charge in [-0.25, -0.2) is 22.6 Å². The first kappa shape index (κ1) is 22.7. The van der Waals surface area contributed by atoms with Gasteiger partial charge in [0, 0.05) is 22.2 Å². The van der Waals surface area contributed by atoms with Crippen LogP contribution in [-0.2, 0) is 6.61 Å². The lowest BCUT2D eigenvalue weighted by molar-refractivity contribution is -0.146. The van der Waals surface area contributed by atoms with Crippen molar-refractivity contribution in [1.82, 2.24) is 10.4 Å².